The Bertz CT molecular complexity index is 753. The van der Waals surface area contributed by atoms with Gasteiger partial charge < -0.3 is 9.80 Å². The molecule has 0 aromatic heterocycles. The van der Waals surface area contributed by atoms with Gasteiger partial charge in [0.25, 0.3) is 0 Å². The maximum atomic E-state index is 12.2. The van der Waals surface area contributed by atoms with Crippen LogP contribution >= 0.6 is 0 Å². The van der Waals surface area contributed by atoms with Gasteiger partial charge >= 0.3 is 0 Å². The molecule has 0 unspecified atom stereocenters. The molecule has 0 spiro atoms. The molecule has 1 heterocycles. The van der Waals surface area contributed by atoms with Gasteiger partial charge in [0.15, 0.2) is 0 Å². The summed E-state index contributed by atoms with van der Waals surface area (Å²) in [7, 11) is -1.32. The fourth-order valence-corrected chi connectivity index (χ4v) is 3.79. The van der Waals surface area contributed by atoms with Crippen molar-refractivity contribution in [1.29, 1.82) is 0 Å². The minimum Gasteiger partial charge on any atom is -0.369 e. The number of nitrogens with one attached hydrogen (secondary N) is 1. The molecule has 24 heavy (non-hydrogen) atoms. The van der Waals surface area contributed by atoms with Crippen LogP contribution in [-0.2, 0) is 16.6 Å². The van der Waals surface area contributed by atoms with Crippen LogP contribution in [0.2, 0.25) is 0 Å². The van der Waals surface area contributed by atoms with E-state index in [9.17, 15) is 8.42 Å². The van der Waals surface area contributed by atoms with Gasteiger partial charge in [-0.2, -0.15) is 0 Å². The van der Waals surface area contributed by atoms with Crippen molar-refractivity contribution >= 4 is 15.7 Å². The standard InChI is InChI=1S/C18H23N3O2S/c1-20-11-13-21(14-12-20)17-9-7-16(8-10-17)15-19-24(22,23)18-5-3-2-4-6-18/h2-10,19H,11-15H2,1H3. The Balaban J connectivity index is 1.60. The van der Waals surface area contributed by atoms with E-state index < -0.39 is 10.0 Å². The summed E-state index contributed by atoms with van der Waals surface area (Å²) in [6.45, 7) is 4.48. The van der Waals surface area contributed by atoms with Gasteiger partial charge in [-0.1, -0.05) is 30.3 Å². The summed E-state index contributed by atoms with van der Waals surface area (Å²) in [5.41, 5.74) is 2.14. The third-order valence-electron chi connectivity index (χ3n) is 4.32. The molecule has 0 saturated carbocycles. The summed E-state index contributed by atoms with van der Waals surface area (Å²) in [5, 5.41) is 0. The highest BCUT2D eigenvalue weighted by atomic mass is 32.2. The first kappa shape index (κ1) is 17.0. The zero-order chi connectivity index (χ0) is 17.0. The van der Waals surface area contributed by atoms with Crippen molar-refractivity contribution in [2.24, 2.45) is 0 Å². The number of anilines is 1. The minimum atomic E-state index is -3.46. The van der Waals surface area contributed by atoms with Crippen LogP contribution in [0, 0.1) is 0 Å². The second kappa shape index (κ2) is 7.34. The fraction of sp³-hybridized carbons (Fsp3) is 0.333. The number of benzene rings is 2. The average Bonchev–Trinajstić information content (AvgIpc) is 2.62. The fourth-order valence-electron chi connectivity index (χ4n) is 2.75. The van der Waals surface area contributed by atoms with Crippen LogP contribution in [-0.4, -0.2) is 46.5 Å². The Morgan fingerprint density at radius 2 is 1.54 bits per heavy atom. The molecule has 0 bridgehead atoms. The number of hydrogen-bond donors (Lipinski definition) is 1. The predicted molar refractivity (Wildman–Crippen MR) is 96.6 cm³/mol. The summed E-state index contributed by atoms with van der Waals surface area (Å²) < 4.78 is 27.1. The number of likely N-dealkylation sites (N-methyl/N-ethyl adjacent to an activating group) is 1. The van der Waals surface area contributed by atoms with Crippen LogP contribution < -0.4 is 9.62 Å². The van der Waals surface area contributed by atoms with Crippen molar-refractivity contribution in [3.8, 4) is 0 Å². The SMILES string of the molecule is CN1CCN(c2ccc(CNS(=O)(=O)c3ccccc3)cc2)CC1. The zero-order valence-electron chi connectivity index (χ0n) is 13.9. The third-order valence-corrected chi connectivity index (χ3v) is 5.74. The normalized spacial score (nSPS) is 16.3. The molecule has 1 N–H and O–H groups in total. The van der Waals surface area contributed by atoms with E-state index in [0.717, 1.165) is 31.7 Å². The molecule has 3 rings (SSSR count). The summed E-state index contributed by atoms with van der Waals surface area (Å²) >= 11 is 0. The molecule has 6 heteroatoms. The number of rotatable bonds is 5. The Labute approximate surface area is 144 Å². The van der Waals surface area contributed by atoms with Gasteiger partial charge in [-0.3, -0.25) is 0 Å². The first-order valence-corrected chi connectivity index (χ1v) is 9.60. The van der Waals surface area contributed by atoms with E-state index in [2.05, 4.69) is 33.7 Å². The van der Waals surface area contributed by atoms with Crippen molar-refractivity contribution < 1.29 is 8.42 Å². The maximum Gasteiger partial charge on any atom is 0.240 e. The molecular formula is C18H23N3O2S. The Hall–Kier alpha value is -1.89. The first-order valence-electron chi connectivity index (χ1n) is 8.12. The van der Waals surface area contributed by atoms with E-state index in [-0.39, 0.29) is 0 Å². The van der Waals surface area contributed by atoms with Crippen LogP contribution in [0.25, 0.3) is 0 Å². The maximum absolute atomic E-state index is 12.2. The topological polar surface area (TPSA) is 52.6 Å². The number of sulfonamides is 1. The van der Waals surface area contributed by atoms with Gasteiger partial charge in [0.1, 0.15) is 0 Å². The van der Waals surface area contributed by atoms with Crippen molar-refractivity contribution in [1.82, 2.24) is 9.62 Å². The largest absolute Gasteiger partial charge is 0.369 e. The predicted octanol–water partition coefficient (Wildman–Crippen LogP) is 1.92. The summed E-state index contributed by atoms with van der Waals surface area (Å²) in [4.78, 5) is 4.97. The molecule has 2 aromatic rings. The molecule has 1 fully saturated rings. The minimum absolute atomic E-state index is 0.291. The van der Waals surface area contributed by atoms with Gasteiger partial charge in [-0.15, -0.1) is 0 Å². The van der Waals surface area contributed by atoms with E-state index in [1.807, 2.05) is 12.1 Å². The van der Waals surface area contributed by atoms with Crippen LogP contribution in [0.4, 0.5) is 5.69 Å². The molecule has 0 radical (unpaired) electrons. The van der Waals surface area contributed by atoms with Crippen LogP contribution in [0.15, 0.2) is 59.5 Å². The molecular weight excluding hydrogens is 322 g/mol. The monoisotopic (exact) mass is 345 g/mol. The summed E-state index contributed by atoms with van der Waals surface area (Å²) in [5.74, 6) is 0. The Morgan fingerprint density at radius 1 is 0.917 bits per heavy atom. The zero-order valence-corrected chi connectivity index (χ0v) is 14.7. The molecule has 1 aliphatic heterocycles. The van der Waals surface area contributed by atoms with Gasteiger partial charge in [0.05, 0.1) is 4.90 Å². The number of hydrogen-bond acceptors (Lipinski definition) is 4. The van der Waals surface area contributed by atoms with Gasteiger partial charge in [0.2, 0.25) is 10.0 Å². The average molecular weight is 345 g/mol. The van der Waals surface area contributed by atoms with Crippen LogP contribution in [0.3, 0.4) is 0 Å². The molecule has 2 aromatic carbocycles. The second-order valence-electron chi connectivity index (χ2n) is 6.09. The highest BCUT2D eigenvalue weighted by molar-refractivity contribution is 7.89. The summed E-state index contributed by atoms with van der Waals surface area (Å²) in [6.07, 6.45) is 0. The highest BCUT2D eigenvalue weighted by Gasteiger charge is 2.15. The lowest BCUT2D eigenvalue weighted by Crippen LogP contribution is -2.44. The van der Waals surface area contributed by atoms with Gasteiger partial charge in [-0.25, -0.2) is 13.1 Å². The van der Waals surface area contributed by atoms with Crippen molar-refractivity contribution in [2.45, 2.75) is 11.4 Å². The van der Waals surface area contributed by atoms with E-state index >= 15 is 0 Å². The molecule has 0 atom stereocenters. The molecule has 1 saturated heterocycles. The molecule has 128 valence electrons. The lowest BCUT2D eigenvalue weighted by atomic mass is 10.2. The second-order valence-corrected chi connectivity index (χ2v) is 7.86. The Kier molecular flexibility index (Phi) is 5.18. The quantitative estimate of drug-likeness (QED) is 0.899. The number of nitrogens with zero attached hydrogens (tertiary/aromatic N) is 2. The van der Waals surface area contributed by atoms with E-state index in [1.54, 1.807) is 30.3 Å². The lowest BCUT2D eigenvalue weighted by molar-refractivity contribution is 0.313. The third kappa shape index (κ3) is 4.14. The molecule has 5 nitrogen and oxygen atoms in total. The number of piperazine rings is 1. The molecule has 0 aliphatic carbocycles. The molecule has 1 aliphatic rings. The van der Waals surface area contributed by atoms with Crippen LogP contribution in [0.5, 0.6) is 0 Å². The van der Waals surface area contributed by atoms with Crippen LogP contribution in [0.1, 0.15) is 5.56 Å². The van der Waals surface area contributed by atoms with Crippen molar-refractivity contribution in [3.05, 3.63) is 60.2 Å². The smallest absolute Gasteiger partial charge is 0.240 e. The van der Waals surface area contributed by atoms with E-state index in [1.165, 1.54) is 5.69 Å². The van der Waals surface area contributed by atoms with Gasteiger partial charge in [-0.05, 0) is 36.9 Å². The van der Waals surface area contributed by atoms with Crippen molar-refractivity contribution in [2.75, 3.05) is 38.1 Å². The lowest BCUT2D eigenvalue weighted by Gasteiger charge is -2.34. The van der Waals surface area contributed by atoms with E-state index in [4.69, 9.17) is 0 Å². The highest BCUT2D eigenvalue weighted by Crippen LogP contribution is 2.17. The summed E-state index contributed by atoms with van der Waals surface area (Å²) in [6, 6.07) is 16.5. The van der Waals surface area contributed by atoms with Crippen molar-refractivity contribution in [3.63, 3.8) is 0 Å². The first-order chi connectivity index (χ1) is 11.5. The molecule has 0 amide bonds. The van der Waals surface area contributed by atoms with E-state index in [0.29, 0.717) is 11.4 Å². The Morgan fingerprint density at radius 3 is 2.17 bits per heavy atom. The van der Waals surface area contributed by atoms with Gasteiger partial charge in [0, 0.05) is 38.4 Å².